The van der Waals surface area contributed by atoms with E-state index in [1.807, 2.05) is 44.2 Å². The summed E-state index contributed by atoms with van der Waals surface area (Å²) in [4.78, 5) is 16.8. The van der Waals surface area contributed by atoms with Gasteiger partial charge in [-0.15, -0.1) is 0 Å². The lowest BCUT2D eigenvalue weighted by atomic mass is 10.1. The highest BCUT2D eigenvalue weighted by Crippen LogP contribution is 2.19. The summed E-state index contributed by atoms with van der Waals surface area (Å²) in [5.41, 5.74) is 3.93. The molecule has 1 aromatic carbocycles. The van der Waals surface area contributed by atoms with E-state index in [2.05, 4.69) is 15.4 Å². The van der Waals surface area contributed by atoms with Crippen molar-refractivity contribution >= 4 is 17.5 Å². The monoisotopic (exact) mass is 384 g/mol. The number of carbonyl (C=O) groups excluding carboxylic acids is 1. The predicted octanol–water partition coefficient (Wildman–Crippen LogP) is 3.54. The first kappa shape index (κ1) is 18.9. The van der Waals surface area contributed by atoms with Crippen molar-refractivity contribution < 1.29 is 9.53 Å². The van der Waals surface area contributed by atoms with Crippen LogP contribution in [0.25, 0.3) is 0 Å². The Bertz CT molecular complexity index is 951. The molecule has 0 bridgehead atoms. The fraction of sp³-hybridized carbons (Fsp3) is 0.250. The van der Waals surface area contributed by atoms with Crippen molar-refractivity contribution in [3.8, 4) is 5.88 Å². The summed E-state index contributed by atoms with van der Waals surface area (Å²) in [5.74, 6) is 0.379. The Morgan fingerprint density at radius 1 is 1.22 bits per heavy atom. The van der Waals surface area contributed by atoms with Crippen LogP contribution in [0.3, 0.4) is 0 Å². The maximum Gasteiger partial charge on any atom is 0.255 e. The van der Waals surface area contributed by atoms with Gasteiger partial charge in [0.15, 0.2) is 0 Å². The summed E-state index contributed by atoms with van der Waals surface area (Å²) in [6, 6.07) is 11.3. The van der Waals surface area contributed by atoms with Crippen LogP contribution < -0.4 is 10.1 Å². The van der Waals surface area contributed by atoms with Crippen LogP contribution in [-0.2, 0) is 13.1 Å². The number of nitrogens with zero attached hydrogens (tertiary/aromatic N) is 3. The lowest BCUT2D eigenvalue weighted by molar-refractivity contribution is 0.0949. The molecule has 6 nitrogen and oxygen atoms in total. The van der Waals surface area contributed by atoms with Gasteiger partial charge in [0.1, 0.15) is 0 Å². The SMILES string of the molecule is COc1ccc(CNC(=O)c2c(C)nn(Cc3ccccc3Cl)c2C)cn1. The Hall–Kier alpha value is -2.86. The number of ether oxygens (including phenoxy) is 1. The predicted molar refractivity (Wildman–Crippen MR) is 104 cm³/mol. The standard InChI is InChI=1S/C20H21ClN4O2/c1-13-19(20(26)23-11-15-8-9-18(27-3)22-10-15)14(2)25(24-13)12-16-6-4-5-7-17(16)21/h4-10H,11-12H2,1-3H3,(H,23,26). The minimum absolute atomic E-state index is 0.161. The van der Waals surface area contributed by atoms with Gasteiger partial charge in [0.25, 0.3) is 5.91 Å². The zero-order chi connectivity index (χ0) is 19.4. The zero-order valence-corrected chi connectivity index (χ0v) is 16.2. The lowest BCUT2D eigenvalue weighted by Crippen LogP contribution is -2.24. The van der Waals surface area contributed by atoms with E-state index < -0.39 is 0 Å². The van der Waals surface area contributed by atoms with Gasteiger partial charge in [0.05, 0.1) is 24.9 Å². The molecule has 0 saturated heterocycles. The highest BCUT2D eigenvalue weighted by molar-refractivity contribution is 6.31. The van der Waals surface area contributed by atoms with Crippen molar-refractivity contribution in [2.45, 2.75) is 26.9 Å². The van der Waals surface area contributed by atoms with E-state index in [0.717, 1.165) is 16.8 Å². The Labute approximate surface area is 163 Å². The van der Waals surface area contributed by atoms with Crippen molar-refractivity contribution in [3.63, 3.8) is 0 Å². The molecule has 3 rings (SSSR count). The van der Waals surface area contributed by atoms with Crippen molar-refractivity contribution in [2.24, 2.45) is 0 Å². The second-order valence-electron chi connectivity index (χ2n) is 6.19. The molecule has 3 aromatic rings. The van der Waals surface area contributed by atoms with E-state index in [1.54, 1.807) is 24.1 Å². The number of aromatic nitrogens is 3. The molecular weight excluding hydrogens is 364 g/mol. The Kier molecular flexibility index (Phi) is 5.76. The summed E-state index contributed by atoms with van der Waals surface area (Å²) in [5, 5.41) is 8.12. The molecule has 0 radical (unpaired) electrons. The normalized spacial score (nSPS) is 10.7. The molecule has 0 aliphatic carbocycles. The van der Waals surface area contributed by atoms with Crippen LogP contribution in [0, 0.1) is 13.8 Å². The number of hydrogen-bond acceptors (Lipinski definition) is 4. The number of aryl methyl sites for hydroxylation is 1. The maximum absolute atomic E-state index is 12.7. The number of nitrogens with one attached hydrogen (secondary N) is 1. The van der Waals surface area contributed by atoms with Crippen molar-refractivity contribution in [3.05, 3.63) is 75.7 Å². The minimum atomic E-state index is -0.161. The van der Waals surface area contributed by atoms with Crippen LogP contribution in [0.2, 0.25) is 5.02 Å². The lowest BCUT2D eigenvalue weighted by Gasteiger charge is -2.08. The topological polar surface area (TPSA) is 69.0 Å². The number of amides is 1. The van der Waals surface area contributed by atoms with Crippen LogP contribution in [0.4, 0.5) is 0 Å². The molecule has 7 heteroatoms. The van der Waals surface area contributed by atoms with E-state index in [0.29, 0.717) is 35.2 Å². The van der Waals surface area contributed by atoms with E-state index in [9.17, 15) is 4.79 Å². The Morgan fingerprint density at radius 2 is 2.00 bits per heavy atom. The van der Waals surface area contributed by atoms with Crippen LogP contribution in [-0.4, -0.2) is 27.8 Å². The minimum Gasteiger partial charge on any atom is -0.481 e. The van der Waals surface area contributed by atoms with Gasteiger partial charge < -0.3 is 10.1 Å². The van der Waals surface area contributed by atoms with Gasteiger partial charge >= 0.3 is 0 Å². The van der Waals surface area contributed by atoms with E-state index >= 15 is 0 Å². The average molecular weight is 385 g/mol. The van der Waals surface area contributed by atoms with Gasteiger partial charge in [-0.2, -0.15) is 5.10 Å². The van der Waals surface area contributed by atoms with Crippen LogP contribution >= 0.6 is 11.6 Å². The maximum atomic E-state index is 12.7. The third-order valence-electron chi connectivity index (χ3n) is 4.35. The number of pyridine rings is 1. The molecule has 0 saturated carbocycles. The van der Waals surface area contributed by atoms with Gasteiger partial charge in [-0.25, -0.2) is 4.98 Å². The molecule has 0 spiro atoms. The van der Waals surface area contributed by atoms with Crippen molar-refractivity contribution in [2.75, 3.05) is 7.11 Å². The molecule has 0 aliphatic rings. The van der Waals surface area contributed by atoms with E-state index in [4.69, 9.17) is 16.3 Å². The van der Waals surface area contributed by atoms with Gasteiger partial charge in [0, 0.05) is 29.5 Å². The van der Waals surface area contributed by atoms with Gasteiger partial charge in [-0.3, -0.25) is 9.48 Å². The van der Waals surface area contributed by atoms with Crippen LogP contribution in [0.1, 0.15) is 32.9 Å². The third-order valence-corrected chi connectivity index (χ3v) is 4.72. The molecule has 0 unspecified atom stereocenters. The number of rotatable bonds is 6. The summed E-state index contributed by atoms with van der Waals surface area (Å²) in [6.07, 6.45) is 1.68. The molecule has 27 heavy (non-hydrogen) atoms. The zero-order valence-electron chi connectivity index (χ0n) is 15.5. The fourth-order valence-corrected chi connectivity index (χ4v) is 3.07. The smallest absolute Gasteiger partial charge is 0.255 e. The molecule has 1 N–H and O–H groups in total. The summed E-state index contributed by atoms with van der Waals surface area (Å²) in [6.45, 7) is 4.62. The molecule has 2 heterocycles. The van der Waals surface area contributed by atoms with E-state index in [1.165, 1.54) is 0 Å². The summed E-state index contributed by atoms with van der Waals surface area (Å²) >= 11 is 6.24. The molecule has 1 amide bonds. The number of benzene rings is 1. The van der Waals surface area contributed by atoms with Crippen LogP contribution in [0.15, 0.2) is 42.6 Å². The Balaban J connectivity index is 1.73. The molecule has 0 fully saturated rings. The van der Waals surface area contributed by atoms with Gasteiger partial charge in [0.2, 0.25) is 5.88 Å². The fourth-order valence-electron chi connectivity index (χ4n) is 2.87. The molecular formula is C20H21ClN4O2. The second kappa shape index (κ2) is 8.22. The van der Waals surface area contributed by atoms with Gasteiger partial charge in [-0.05, 0) is 31.0 Å². The molecule has 140 valence electrons. The van der Waals surface area contributed by atoms with E-state index in [-0.39, 0.29) is 5.91 Å². The van der Waals surface area contributed by atoms with Crippen LogP contribution in [0.5, 0.6) is 5.88 Å². The third kappa shape index (κ3) is 4.28. The molecule has 2 aromatic heterocycles. The largest absolute Gasteiger partial charge is 0.481 e. The second-order valence-corrected chi connectivity index (χ2v) is 6.59. The number of hydrogen-bond donors (Lipinski definition) is 1. The molecule has 0 atom stereocenters. The first-order valence-electron chi connectivity index (χ1n) is 8.54. The number of methoxy groups -OCH3 is 1. The Morgan fingerprint density at radius 3 is 2.67 bits per heavy atom. The number of carbonyl (C=O) groups is 1. The summed E-state index contributed by atoms with van der Waals surface area (Å²) < 4.78 is 6.84. The van der Waals surface area contributed by atoms with Crippen molar-refractivity contribution in [1.29, 1.82) is 0 Å². The first-order valence-corrected chi connectivity index (χ1v) is 8.92. The first-order chi connectivity index (χ1) is 13.0. The quantitative estimate of drug-likeness (QED) is 0.705. The number of halogens is 1. The van der Waals surface area contributed by atoms with Crippen molar-refractivity contribution in [1.82, 2.24) is 20.1 Å². The van der Waals surface area contributed by atoms with Gasteiger partial charge in [-0.1, -0.05) is 35.9 Å². The average Bonchev–Trinajstić information content (AvgIpc) is 2.95. The highest BCUT2D eigenvalue weighted by atomic mass is 35.5. The highest BCUT2D eigenvalue weighted by Gasteiger charge is 2.19. The molecule has 0 aliphatic heterocycles. The summed E-state index contributed by atoms with van der Waals surface area (Å²) in [7, 11) is 1.57.